The van der Waals surface area contributed by atoms with E-state index in [9.17, 15) is 5.11 Å². The van der Waals surface area contributed by atoms with Crippen LogP contribution >= 0.6 is 11.3 Å². The molecule has 0 aliphatic heterocycles. The maximum Gasteiger partial charge on any atom is 0.162 e. The van der Waals surface area contributed by atoms with E-state index >= 15 is 0 Å². The highest BCUT2D eigenvalue weighted by Crippen LogP contribution is 2.29. The van der Waals surface area contributed by atoms with Crippen molar-refractivity contribution in [2.75, 3.05) is 6.61 Å². The lowest BCUT2D eigenvalue weighted by molar-refractivity contribution is 0.316. The fourth-order valence-corrected chi connectivity index (χ4v) is 3.08. The summed E-state index contributed by atoms with van der Waals surface area (Å²) in [5, 5.41) is 15.6. The summed E-state index contributed by atoms with van der Waals surface area (Å²) in [7, 11) is 0. The molecule has 4 heteroatoms. The van der Waals surface area contributed by atoms with E-state index in [0.717, 1.165) is 18.5 Å². The quantitative estimate of drug-likeness (QED) is 0.817. The Labute approximate surface area is 124 Å². The number of benzene rings is 1. The molecule has 0 atom stereocenters. The van der Waals surface area contributed by atoms with Gasteiger partial charge in [-0.1, -0.05) is 19.1 Å². The van der Waals surface area contributed by atoms with Gasteiger partial charge in [-0.05, 0) is 36.4 Å². The Morgan fingerprint density at radius 2 is 2.00 bits per heavy atom. The lowest BCUT2D eigenvalue weighted by Gasteiger charge is -2.11. The number of nitrogens with one attached hydrogen (secondary N) is 1. The Balaban J connectivity index is 1.96. The molecule has 2 aromatic rings. The molecule has 3 nitrogen and oxygen atoms in total. The number of para-hydroxylation sites is 1. The van der Waals surface area contributed by atoms with Gasteiger partial charge in [0, 0.05) is 23.5 Å². The van der Waals surface area contributed by atoms with Crippen LogP contribution in [0.5, 0.6) is 11.5 Å². The number of ether oxygens (including phenoxy) is 1. The molecule has 0 saturated heterocycles. The lowest BCUT2D eigenvalue weighted by Crippen LogP contribution is -2.13. The van der Waals surface area contributed by atoms with E-state index < -0.39 is 0 Å². The molecular weight excluding hydrogens is 270 g/mol. The molecule has 108 valence electrons. The first kappa shape index (κ1) is 14.9. The number of rotatable bonds is 7. The van der Waals surface area contributed by atoms with Crippen LogP contribution < -0.4 is 10.1 Å². The van der Waals surface area contributed by atoms with Crippen LogP contribution in [0, 0.1) is 0 Å². The second-order valence-corrected chi connectivity index (χ2v) is 5.52. The fraction of sp³-hybridized carbons (Fsp3) is 0.375. The van der Waals surface area contributed by atoms with Gasteiger partial charge in [0.05, 0.1) is 6.61 Å². The molecule has 1 heterocycles. The minimum Gasteiger partial charge on any atom is -0.504 e. The summed E-state index contributed by atoms with van der Waals surface area (Å²) in [6.45, 7) is 6.10. The van der Waals surface area contributed by atoms with Gasteiger partial charge in [0.15, 0.2) is 11.5 Å². The number of aryl methyl sites for hydroxylation is 1. The molecule has 0 spiro atoms. The van der Waals surface area contributed by atoms with Crippen molar-refractivity contribution in [1.82, 2.24) is 5.32 Å². The van der Waals surface area contributed by atoms with Gasteiger partial charge in [-0.25, -0.2) is 0 Å². The maximum absolute atomic E-state index is 10.1. The summed E-state index contributed by atoms with van der Waals surface area (Å²) in [6.07, 6.45) is 1.06. The van der Waals surface area contributed by atoms with Crippen LogP contribution in [0.2, 0.25) is 0 Å². The molecule has 0 saturated carbocycles. The van der Waals surface area contributed by atoms with E-state index in [4.69, 9.17) is 4.74 Å². The van der Waals surface area contributed by atoms with E-state index in [0.29, 0.717) is 18.9 Å². The van der Waals surface area contributed by atoms with E-state index in [2.05, 4.69) is 23.7 Å². The van der Waals surface area contributed by atoms with Gasteiger partial charge >= 0.3 is 0 Å². The largest absolute Gasteiger partial charge is 0.504 e. The van der Waals surface area contributed by atoms with Crippen molar-refractivity contribution in [2.45, 2.75) is 33.4 Å². The molecule has 0 amide bonds. The molecule has 20 heavy (non-hydrogen) atoms. The number of phenols is 1. The highest BCUT2D eigenvalue weighted by atomic mass is 32.1. The maximum atomic E-state index is 10.1. The molecule has 0 unspecified atom stereocenters. The van der Waals surface area contributed by atoms with Crippen LogP contribution in [0.25, 0.3) is 0 Å². The zero-order valence-corrected chi connectivity index (χ0v) is 12.8. The average Bonchev–Trinajstić information content (AvgIpc) is 2.90. The number of hydrogen-bond donors (Lipinski definition) is 2. The smallest absolute Gasteiger partial charge is 0.162 e. The van der Waals surface area contributed by atoms with E-state index in [1.54, 1.807) is 17.4 Å². The Hall–Kier alpha value is -1.52. The minimum atomic E-state index is 0.240. The summed E-state index contributed by atoms with van der Waals surface area (Å²) in [5.74, 6) is 0.793. The molecule has 0 aliphatic carbocycles. The molecule has 0 bridgehead atoms. The zero-order chi connectivity index (χ0) is 14.4. The first-order chi connectivity index (χ1) is 9.76. The highest BCUT2D eigenvalue weighted by Gasteiger charge is 2.08. The molecule has 0 fully saturated rings. The second-order valence-electron chi connectivity index (χ2n) is 4.52. The minimum absolute atomic E-state index is 0.240. The summed E-state index contributed by atoms with van der Waals surface area (Å²) in [6, 6.07) is 7.79. The molecule has 0 radical (unpaired) electrons. The topological polar surface area (TPSA) is 41.5 Å². The standard InChI is InChI=1S/C16H21NO2S/c1-3-12-8-9-20-15(12)11-17-10-13-6-5-7-14(16(13)18)19-4-2/h5-9,17-18H,3-4,10-11H2,1-2H3. The van der Waals surface area contributed by atoms with Crippen LogP contribution in [-0.2, 0) is 19.5 Å². The predicted molar refractivity (Wildman–Crippen MR) is 83.5 cm³/mol. The summed E-state index contributed by atoms with van der Waals surface area (Å²) >= 11 is 1.78. The summed E-state index contributed by atoms with van der Waals surface area (Å²) < 4.78 is 5.39. The third kappa shape index (κ3) is 3.52. The Bertz CT molecular complexity index is 551. The Morgan fingerprint density at radius 3 is 2.75 bits per heavy atom. The van der Waals surface area contributed by atoms with E-state index in [1.165, 1.54) is 10.4 Å². The third-order valence-corrected chi connectivity index (χ3v) is 4.17. The molecule has 2 N–H and O–H groups in total. The highest BCUT2D eigenvalue weighted by molar-refractivity contribution is 7.10. The summed E-state index contributed by atoms with van der Waals surface area (Å²) in [5.41, 5.74) is 2.26. The monoisotopic (exact) mass is 291 g/mol. The van der Waals surface area contributed by atoms with Crippen LogP contribution in [0.4, 0.5) is 0 Å². The molecule has 2 rings (SSSR count). The number of thiophene rings is 1. The van der Waals surface area contributed by atoms with Crippen molar-refractivity contribution in [3.05, 3.63) is 45.6 Å². The van der Waals surface area contributed by atoms with Gasteiger partial charge < -0.3 is 15.2 Å². The molecule has 0 aliphatic rings. The van der Waals surface area contributed by atoms with Crippen LogP contribution in [-0.4, -0.2) is 11.7 Å². The van der Waals surface area contributed by atoms with Crippen molar-refractivity contribution < 1.29 is 9.84 Å². The number of hydrogen-bond acceptors (Lipinski definition) is 4. The number of aromatic hydroxyl groups is 1. The normalized spacial score (nSPS) is 10.7. The lowest BCUT2D eigenvalue weighted by atomic mass is 10.1. The van der Waals surface area contributed by atoms with Crippen LogP contribution in [0.1, 0.15) is 29.9 Å². The molecule has 1 aromatic carbocycles. The van der Waals surface area contributed by atoms with Crippen molar-refractivity contribution in [2.24, 2.45) is 0 Å². The van der Waals surface area contributed by atoms with E-state index in [-0.39, 0.29) is 5.75 Å². The number of phenolic OH excluding ortho intramolecular Hbond substituents is 1. The van der Waals surface area contributed by atoms with Gasteiger partial charge in [-0.2, -0.15) is 0 Å². The van der Waals surface area contributed by atoms with Crippen molar-refractivity contribution in [1.29, 1.82) is 0 Å². The first-order valence-corrected chi connectivity index (χ1v) is 7.83. The zero-order valence-electron chi connectivity index (χ0n) is 12.0. The fourth-order valence-electron chi connectivity index (χ4n) is 2.13. The Kier molecular flexibility index (Phi) is 5.44. The first-order valence-electron chi connectivity index (χ1n) is 6.95. The van der Waals surface area contributed by atoms with Crippen molar-refractivity contribution in [3.63, 3.8) is 0 Å². The molecule has 1 aromatic heterocycles. The van der Waals surface area contributed by atoms with E-state index in [1.807, 2.05) is 19.1 Å². The summed E-state index contributed by atoms with van der Waals surface area (Å²) in [4.78, 5) is 1.37. The second kappa shape index (κ2) is 7.31. The SMILES string of the molecule is CCOc1cccc(CNCc2sccc2CC)c1O. The third-order valence-electron chi connectivity index (χ3n) is 3.20. The van der Waals surface area contributed by atoms with Gasteiger partial charge in [0.25, 0.3) is 0 Å². The van der Waals surface area contributed by atoms with Gasteiger partial charge in [-0.15, -0.1) is 11.3 Å². The Morgan fingerprint density at radius 1 is 1.15 bits per heavy atom. The van der Waals surface area contributed by atoms with Gasteiger partial charge in [-0.3, -0.25) is 0 Å². The van der Waals surface area contributed by atoms with Crippen molar-refractivity contribution >= 4 is 11.3 Å². The van der Waals surface area contributed by atoms with Gasteiger partial charge in [0.2, 0.25) is 0 Å². The van der Waals surface area contributed by atoms with Gasteiger partial charge in [0.1, 0.15) is 0 Å². The van der Waals surface area contributed by atoms with Crippen molar-refractivity contribution in [3.8, 4) is 11.5 Å². The van der Waals surface area contributed by atoms with Crippen LogP contribution in [0.3, 0.4) is 0 Å². The average molecular weight is 291 g/mol. The predicted octanol–water partition coefficient (Wildman–Crippen LogP) is 3.70. The molecular formula is C16H21NO2S. The van der Waals surface area contributed by atoms with Crippen LogP contribution in [0.15, 0.2) is 29.6 Å².